The number of hydrogen-bond acceptors (Lipinski definition) is 6. The van der Waals surface area contributed by atoms with Gasteiger partial charge in [-0.05, 0) is 18.4 Å². The van der Waals surface area contributed by atoms with Crippen LogP contribution in [-0.4, -0.2) is 35.8 Å². The lowest BCUT2D eigenvalue weighted by atomic mass is 10.00. The first kappa shape index (κ1) is 26.2. The second kappa shape index (κ2) is 11.1. The molecule has 1 aliphatic rings. The third kappa shape index (κ3) is 5.13. The quantitative estimate of drug-likeness (QED) is 0.273. The fraction of sp³-hybridized carbons (Fsp3) is 0.379. The van der Waals surface area contributed by atoms with Gasteiger partial charge in [-0.15, -0.1) is 0 Å². The van der Waals surface area contributed by atoms with Crippen molar-refractivity contribution in [1.82, 2.24) is 18.7 Å². The number of fused-ring (bicyclic) bond motifs is 1. The molecule has 0 radical (unpaired) electrons. The van der Waals surface area contributed by atoms with Crippen molar-refractivity contribution in [3.8, 4) is 0 Å². The third-order valence-electron chi connectivity index (χ3n) is 7.47. The number of Topliss-reactive ketones (excluding diaryl/α,β-unsaturated/α-hetero) is 1. The lowest BCUT2D eigenvalue weighted by molar-refractivity contribution is 0.0969. The van der Waals surface area contributed by atoms with Crippen LogP contribution in [0.5, 0.6) is 0 Å². The number of nitrogens with two attached hydrogens (primary N) is 1. The number of hydrogen-bond donors (Lipinski definition) is 1. The second-order valence-corrected chi connectivity index (χ2v) is 11.5. The van der Waals surface area contributed by atoms with Gasteiger partial charge in [0.2, 0.25) is 0 Å². The fourth-order valence-electron chi connectivity index (χ4n) is 5.25. The lowest BCUT2D eigenvalue weighted by Gasteiger charge is -2.30. The van der Waals surface area contributed by atoms with E-state index >= 15 is 0 Å². The molecule has 1 fully saturated rings. The Morgan fingerprint density at radius 1 is 0.947 bits per heavy atom. The first-order valence-corrected chi connectivity index (χ1v) is 14.0. The number of ketones is 1. The molecule has 1 aliphatic carbocycles. The van der Waals surface area contributed by atoms with Gasteiger partial charge in [0.05, 0.1) is 13.1 Å². The predicted molar refractivity (Wildman–Crippen MR) is 151 cm³/mol. The first-order valence-electron chi connectivity index (χ1n) is 13.1. The van der Waals surface area contributed by atoms with Gasteiger partial charge in [-0.3, -0.25) is 18.7 Å². The predicted octanol–water partition coefficient (Wildman–Crippen LogP) is 3.97. The van der Waals surface area contributed by atoms with Gasteiger partial charge >= 0.3 is 5.69 Å². The molecule has 0 saturated heterocycles. The topological polar surface area (TPSA) is 105 Å². The van der Waals surface area contributed by atoms with E-state index in [0.29, 0.717) is 35.0 Å². The molecule has 4 aromatic rings. The minimum atomic E-state index is -0.560. The van der Waals surface area contributed by atoms with Gasteiger partial charge in [-0.1, -0.05) is 98.1 Å². The Hall–Kier alpha value is -3.43. The van der Waals surface area contributed by atoms with Crippen LogP contribution in [0.15, 0.2) is 75.4 Å². The summed E-state index contributed by atoms with van der Waals surface area (Å²) >= 11 is 1.63. The average Bonchev–Trinajstić information content (AvgIpc) is 3.12. The monoisotopic (exact) mass is 531 g/mol. The van der Waals surface area contributed by atoms with Crippen LogP contribution in [0.4, 0.5) is 0 Å². The molecule has 0 amide bonds. The molecule has 2 heterocycles. The first-order chi connectivity index (χ1) is 18.4. The summed E-state index contributed by atoms with van der Waals surface area (Å²) in [4.78, 5) is 45.0. The highest BCUT2D eigenvalue weighted by atomic mass is 32.2. The van der Waals surface area contributed by atoms with Crippen molar-refractivity contribution >= 4 is 28.7 Å². The van der Waals surface area contributed by atoms with E-state index in [1.165, 1.54) is 17.4 Å². The fourth-order valence-corrected chi connectivity index (χ4v) is 6.62. The van der Waals surface area contributed by atoms with Gasteiger partial charge in [0.25, 0.3) is 5.56 Å². The van der Waals surface area contributed by atoms with E-state index in [4.69, 9.17) is 10.7 Å². The molecule has 9 heteroatoms. The summed E-state index contributed by atoms with van der Waals surface area (Å²) < 4.78 is 4.14. The number of aromatic nitrogens is 4. The smallest absolute Gasteiger partial charge is 0.329 e. The summed E-state index contributed by atoms with van der Waals surface area (Å²) in [6.07, 6.45) is 6.57. The summed E-state index contributed by atoms with van der Waals surface area (Å²) in [6, 6.07) is 18.6. The largest absolute Gasteiger partial charge is 0.332 e. The summed E-state index contributed by atoms with van der Waals surface area (Å²) in [5, 5.41) is 0.676. The molecule has 0 atom stereocenters. The molecular formula is C29H33N5O3S. The number of benzene rings is 2. The van der Waals surface area contributed by atoms with Gasteiger partial charge in [0.1, 0.15) is 0 Å². The van der Waals surface area contributed by atoms with Crippen molar-refractivity contribution in [2.75, 3.05) is 6.54 Å². The zero-order valence-electron chi connectivity index (χ0n) is 21.6. The molecule has 2 aromatic carbocycles. The molecule has 2 aromatic heterocycles. The van der Waals surface area contributed by atoms with Gasteiger partial charge < -0.3 is 10.3 Å². The minimum Gasteiger partial charge on any atom is -0.329 e. The van der Waals surface area contributed by atoms with Crippen LogP contribution in [0.3, 0.4) is 0 Å². The zero-order valence-corrected chi connectivity index (χ0v) is 22.5. The van der Waals surface area contributed by atoms with E-state index in [1.54, 1.807) is 43.1 Å². The Bertz CT molecular complexity index is 1550. The molecule has 38 heavy (non-hydrogen) atoms. The van der Waals surface area contributed by atoms with Gasteiger partial charge in [-0.2, -0.15) is 0 Å². The Labute approximate surface area is 225 Å². The van der Waals surface area contributed by atoms with Crippen LogP contribution in [-0.2, 0) is 20.1 Å². The van der Waals surface area contributed by atoms with Crippen LogP contribution in [0.2, 0.25) is 0 Å². The van der Waals surface area contributed by atoms with Crippen LogP contribution >= 0.6 is 11.8 Å². The number of thioether (sulfide) groups is 1. The van der Waals surface area contributed by atoms with Gasteiger partial charge in [0.15, 0.2) is 22.1 Å². The maximum Gasteiger partial charge on any atom is 0.332 e. The molecule has 0 bridgehead atoms. The highest BCUT2D eigenvalue weighted by Gasteiger charge is 2.34. The van der Waals surface area contributed by atoms with E-state index in [-0.39, 0.29) is 17.1 Å². The number of rotatable bonds is 8. The number of carbonyl (C=O) groups excluding carboxylic acids is 1. The lowest BCUT2D eigenvalue weighted by Crippen LogP contribution is -2.41. The Morgan fingerprint density at radius 2 is 1.58 bits per heavy atom. The van der Waals surface area contributed by atoms with Crippen molar-refractivity contribution in [1.29, 1.82) is 0 Å². The minimum absolute atomic E-state index is 0.173. The van der Waals surface area contributed by atoms with E-state index in [2.05, 4.69) is 0 Å². The maximum absolute atomic E-state index is 13.9. The van der Waals surface area contributed by atoms with Gasteiger partial charge in [0, 0.05) is 23.9 Å². The van der Waals surface area contributed by atoms with E-state index < -0.39 is 11.2 Å². The van der Waals surface area contributed by atoms with Gasteiger partial charge in [-0.25, -0.2) is 9.78 Å². The van der Waals surface area contributed by atoms with Crippen LogP contribution in [0.25, 0.3) is 11.2 Å². The molecule has 0 unspecified atom stereocenters. The van der Waals surface area contributed by atoms with Crippen LogP contribution < -0.4 is 17.0 Å². The number of aryl methyl sites for hydroxylation is 1. The van der Waals surface area contributed by atoms with E-state index in [9.17, 15) is 14.4 Å². The highest BCUT2D eigenvalue weighted by molar-refractivity contribution is 8.00. The van der Waals surface area contributed by atoms with Crippen molar-refractivity contribution in [2.24, 2.45) is 12.8 Å². The summed E-state index contributed by atoms with van der Waals surface area (Å²) in [7, 11) is 1.60. The standard InChI is InChI=1S/C29H33N5O3S/c1-32-25-24(26(36)34(28(32)37)19-23(35)22-14-8-5-9-15-22)33(18-21-12-6-4-7-13-21)27(31-25)38-29(20-30)16-10-2-3-11-17-29/h4-9,12-15H,2-3,10-11,16-20,30H2,1H3. The number of nitrogens with zero attached hydrogens (tertiary/aromatic N) is 4. The summed E-state index contributed by atoms with van der Waals surface area (Å²) in [5.41, 5.74) is 7.39. The van der Waals surface area contributed by atoms with Crippen molar-refractivity contribution in [3.63, 3.8) is 0 Å². The SMILES string of the molecule is Cn1c(=O)n(CC(=O)c2ccccc2)c(=O)c2c1nc(SC1(CN)CCCCCC1)n2Cc1ccccc1. The number of imidazole rings is 1. The molecule has 2 N–H and O–H groups in total. The van der Waals surface area contributed by atoms with E-state index in [1.807, 2.05) is 41.0 Å². The zero-order chi connectivity index (χ0) is 26.7. The molecule has 5 rings (SSSR count). The van der Waals surface area contributed by atoms with Crippen LogP contribution in [0, 0.1) is 0 Å². The molecule has 0 aliphatic heterocycles. The summed E-state index contributed by atoms with van der Waals surface area (Å²) in [6.45, 7) is 0.596. The average molecular weight is 532 g/mol. The maximum atomic E-state index is 13.9. The molecule has 1 saturated carbocycles. The molecule has 8 nitrogen and oxygen atoms in total. The summed E-state index contributed by atoms with van der Waals surface area (Å²) in [5.74, 6) is -0.298. The molecule has 198 valence electrons. The van der Waals surface area contributed by atoms with E-state index in [0.717, 1.165) is 35.8 Å². The Morgan fingerprint density at radius 3 is 2.21 bits per heavy atom. The highest BCUT2D eigenvalue weighted by Crippen LogP contribution is 2.42. The second-order valence-electron chi connectivity index (χ2n) is 10.1. The normalized spacial score (nSPS) is 15.4. The molecule has 0 spiro atoms. The third-order valence-corrected chi connectivity index (χ3v) is 8.98. The van der Waals surface area contributed by atoms with Crippen LogP contribution in [0.1, 0.15) is 54.4 Å². The van der Waals surface area contributed by atoms with Crippen molar-refractivity contribution in [2.45, 2.75) is 61.5 Å². The Kier molecular flexibility index (Phi) is 7.67. The molecular weight excluding hydrogens is 498 g/mol. The number of carbonyl (C=O) groups is 1. The van der Waals surface area contributed by atoms with Crippen molar-refractivity contribution in [3.05, 3.63) is 92.6 Å². The van der Waals surface area contributed by atoms with Crippen molar-refractivity contribution < 1.29 is 4.79 Å². The Balaban J connectivity index is 1.66.